The molecule has 13 heteroatoms. The third-order valence-electron chi connectivity index (χ3n) is 11.0. The molecule has 4 aromatic carbocycles. The molecular formula is C42H44F2N4O6S. The average Bonchev–Trinajstić information content (AvgIpc) is 3.71. The van der Waals surface area contributed by atoms with Crippen LogP contribution in [0.3, 0.4) is 0 Å². The van der Waals surface area contributed by atoms with Crippen molar-refractivity contribution in [2.24, 2.45) is 0 Å². The van der Waals surface area contributed by atoms with E-state index >= 15 is 4.39 Å². The van der Waals surface area contributed by atoms with Crippen LogP contribution in [0.15, 0.2) is 83.8 Å². The molecule has 2 atom stereocenters. The Hall–Kier alpha value is -4.85. The van der Waals surface area contributed by atoms with Gasteiger partial charge in [-0.3, -0.25) is 4.90 Å². The van der Waals surface area contributed by atoms with Gasteiger partial charge >= 0.3 is 16.1 Å². The number of aryl methyl sites for hydroxylation is 2. The molecule has 55 heavy (non-hydrogen) atoms. The summed E-state index contributed by atoms with van der Waals surface area (Å²) < 4.78 is 81.1. The molecule has 3 aliphatic heterocycles. The summed E-state index contributed by atoms with van der Waals surface area (Å²) in [6.07, 6.45) is 1.94. The number of aromatic nitrogens is 2. The topological polar surface area (TPSA) is 103 Å². The zero-order valence-corrected chi connectivity index (χ0v) is 31.8. The molecule has 0 bridgehead atoms. The third-order valence-corrected chi connectivity index (χ3v) is 12.2. The van der Waals surface area contributed by atoms with E-state index in [0.29, 0.717) is 61.5 Å². The van der Waals surface area contributed by atoms with Crippen LogP contribution in [0.2, 0.25) is 0 Å². The van der Waals surface area contributed by atoms with Gasteiger partial charge in [-0.1, -0.05) is 61.0 Å². The molecule has 0 amide bonds. The average molecular weight is 771 g/mol. The molecule has 0 saturated carbocycles. The lowest BCUT2D eigenvalue weighted by atomic mass is 9.95. The lowest BCUT2D eigenvalue weighted by Gasteiger charge is -2.33. The smallest absolute Gasteiger partial charge is 0.340 e. The summed E-state index contributed by atoms with van der Waals surface area (Å²) in [6.45, 7) is 6.16. The Kier molecular flexibility index (Phi) is 10.4. The van der Waals surface area contributed by atoms with Crippen molar-refractivity contribution in [3.05, 3.63) is 113 Å². The van der Waals surface area contributed by atoms with Gasteiger partial charge in [-0.2, -0.15) is 18.4 Å². The van der Waals surface area contributed by atoms with Crippen LogP contribution in [0.25, 0.3) is 10.8 Å². The second-order valence-corrected chi connectivity index (χ2v) is 16.2. The molecule has 0 aliphatic carbocycles. The van der Waals surface area contributed by atoms with Crippen LogP contribution in [-0.4, -0.2) is 68.0 Å². The van der Waals surface area contributed by atoms with Gasteiger partial charge < -0.3 is 23.3 Å². The Labute approximate surface area is 320 Å². The van der Waals surface area contributed by atoms with Crippen LogP contribution < -0.4 is 18.6 Å². The van der Waals surface area contributed by atoms with Crippen LogP contribution in [0, 0.1) is 12.7 Å². The Morgan fingerprint density at radius 3 is 2.60 bits per heavy atom. The van der Waals surface area contributed by atoms with E-state index in [9.17, 15) is 12.8 Å². The van der Waals surface area contributed by atoms with Crippen LogP contribution in [0.4, 0.5) is 14.5 Å². The van der Waals surface area contributed by atoms with E-state index in [2.05, 4.69) is 14.8 Å². The first kappa shape index (κ1) is 37.1. The van der Waals surface area contributed by atoms with Crippen molar-refractivity contribution in [3.63, 3.8) is 0 Å². The highest BCUT2D eigenvalue weighted by Gasteiger charge is 2.49. The van der Waals surface area contributed by atoms with Gasteiger partial charge in [0.05, 0.1) is 24.4 Å². The van der Waals surface area contributed by atoms with Crippen LogP contribution in [0.1, 0.15) is 54.1 Å². The normalized spacial score (nSPS) is 19.7. The third kappa shape index (κ3) is 7.70. The summed E-state index contributed by atoms with van der Waals surface area (Å²) in [6, 6.07) is 23.2. The van der Waals surface area contributed by atoms with Gasteiger partial charge in [-0.05, 0) is 79.9 Å². The second kappa shape index (κ2) is 15.4. The molecule has 0 unspecified atom stereocenters. The van der Waals surface area contributed by atoms with Gasteiger partial charge in [-0.25, -0.2) is 8.78 Å². The van der Waals surface area contributed by atoms with E-state index in [0.717, 1.165) is 47.0 Å². The van der Waals surface area contributed by atoms with Crippen molar-refractivity contribution < 1.29 is 35.6 Å². The second-order valence-electron chi connectivity index (χ2n) is 14.6. The first-order valence-corrected chi connectivity index (χ1v) is 20.2. The van der Waals surface area contributed by atoms with Crippen LogP contribution >= 0.6 is 0 Å². The fourth-order valence-corrected chi connectivity index (χ4v) is 9.12. The highest BCUT2D eigenvalue weighted by molar-refractivity contribution is 7.87. The van der Waals surface area contributed by atoms with E-state index in [1.54, 1.807) is 18.2 Å². The Morgan fingerprint density at radius 2 is 1.80 bits per heavy atom. The van der Waals surface area contributed by atoms with E-state index < -0.39 is 21.8 Å². The minimum absolute atomic E-state index is 0.00375. The number of alkyl halides is 1. The Balaban J connectivity index is 1.13. The zero-order valence-electron chi connectivity index (χ0n) is 31.0. The number of anilines is 1. The lowest BCUT2D eigenvalue weighted by Crippen LogP contribution is -2.43. The van der Waals surface area contributed by atoms with Gasteiger partial charge in [0.25, 0.3) is 0 Å². The van der Waals surface area contributed by atoms with Crippen molar-refractivity contribution in [1.82, 2.24) is 14.9 Å². The molecule has 8 rings (SSSR count). The number of fused-ring (bicyclic) bond motifs is 3. The van der Waals surface area contributed by atoms with Crippen molar-refractivity contribution >= 4 is 26.6 Å². The van der Waals surface area contributed by atoms with Gasteiger partial charge in [0.15, 0.2) is 6.79 Å². The fourth-order valence-electron chi connectivity index (χ4n) is 8.20. The zero-order chi connectivity index (χ0) is 38.2. The maximum atomic E-state index is 15.4. The molecule has 10 nitrogen and oxygen atoms in total. The number of benzene rings is 4. The molecule has 5 aromatic rings. The van der Waals surface area contributed by atoms with Gasteiger partial charge in [0, 0.05) is 42.2 Å². The molecule has 0 N–H and O–H groups in total. The van der Waals surface area contributed by atoms with E-state index in [-0.39, 0.29) is 42.5 Å². The largest absolute Gasteiger partial charge is 0.467 e. The van der Waals surface area contributed by atoms with Crippen molar-refractivity contribution in [2.75, 3.05) is 37.9 Å². The number of ether oxygens (including phenoxy) is 3. The van der Waals surface area contributed by atoms with Crippen molar-refractivity contribution in [3.8, 4) is 17.6 Å². The maximum Gasteiger partial charge on any atom is 0.340 e. The number of nitrogens with zero attached hydrogens (tertiary/aromatic N) is 4. The molecule has 288 valence electrons. The molecule has 2 fully saturated rings. The highest BCUT2D eigenvalue weighted by atomic mass is 32.2. The maximum absolute atomic E-state index is 15.4. The SMILES string of the molecule is CCc1c(F)ccc2cc(OCOCc3ccccc3)cc(N3CCc4c(nc(OC[C@@]56CCCN5C[C@H](F)C6)nc4OS(=O)(=O)c4ccc(C)cc4)C3)c12. The standard InChI is InChI=1S/C42H44F2N4O6S/c1-3-34-36(44)15-12-30-20-32(53-27-51-25-29-8-5-4-6-9-29)21-38(39(30)34)47-19-16-35-37(24-47)45-41(52-26-42-17-7-18-48(42)23-31(43)22-42)46-40(35)54-55(49,50)33-13-10-28(2)11-14-33/h4-6,8-15,20-21,31H,3,7,16-19,22-27H2,1-2H3/t31-,42+/m1/s1. The predicted molar refractivity (Wildman–Crippen MR) is 204 cm³/mol. The monoisotopic (exact) mass is 770 g/mol. The van der Waals surface area contributed by atoms with Crippen molar-refractivity contribution in [1.29, 1.82) is 0 Å². The first-order valence-electron chi connectivity index (χ1n) is 18.8. The van der Waals surface area contributed by atoms with Gasteiger partial charge in [-0.15, -0.1) is 0 Å². The molecule has 0 radical (unpaired) electrons. The van der Waals surface area contributed by atoms with E-state index in [1.165, 1.54) is 18.2 Å². The summed E-state index contributed by atoms with van der Waals surface area (Å²) in [5.41, 5.74) is 3.84. The summed E-state index contributed by atoms with van der Waals surface area (Å²) in [7, 11) is -4.26. The summed E-state index contributed by atoms with van der Waals surface area (Å²) in [5.74, 6) is 0.151. The number of halogens is 2. The molecular weight excluding hydrogens is 727 g/mol. The fraction of sp³-hybridized carbons (Fsp3) is 0.381. The van der Waals surface area contributed by atoms with Gasteiger partial charge in [0.2, 0.25) is 5.88 Å². The number of rotatable bonds is 13. The predicted octanol–water partition coefficient (Wildman–Crippen LogP) is 7.48. The molecule has 0 spiro atoms. The summed E-state index contributed by atoms with van der Waals surface area (Å²) >= 11 is 0. The minimum Gasteiger partial charge on any atom is -0.467 e. The highest BCUT2D eigenvalue weighted by Crippen LogP contribution is 2.42. The summed E-state index contributed by atoms with van der Waals surface area (Å²) in [4.78, 5) is 13.6. The summed E-state index contributed by atoms with van der Waals surface area (Å²) in [5, 5.41) is 1.57. The van der Waals surface area contributed by atoms with Crippen molar-refractivity contribution in [2.45, 2.75) is 75.7 Å². The Morgan fingerprint density at radius 1 is 0.982 bits per heavy atom. The number of hydrogen-bond donors (Lipinski definition) is 0. The molecule has 3 aliphatic rings. The minimum atomic E-state index is -4.26. The van der Waals surface area contributed by atoms with E-state index in [4.69, 9.17) is 23.4 Å². The molecule has 2 saturated heterocycles. The van der Waals surface area contributed by atoms with Crippen LogP contribution in [0.5, 0.6) is 17.6 Å². The van der Waals surface area contributed by atoms with Gasteiger partial charge in [0.1, 0.15) is 29.2 Å². The van der Waals surface area contributed by atoms with E-state index in [1.807, 2.05) is 56.3 Å². The number of hydrogen-bond acceptors (Lipinski definition) is 10. The molecule has 1 aromatic heterocycles. The van der Waals surface area contributed by atoms with Crippen LogP contribution in [-0.2, 0) is 40.8 Å². The quantitative estimate of drug-likeness (QED) is 0.0681. The lowest BCUT2D eigenvalue weighted by molar-refractivity contribution is 0.00514. The molecule has 4 heterocycles. The first-order chi connectivity index (χ1) is 26.6. The Bertz CT molecular complexity index is 2300.